The number of hydrogen-bond donors (Lipinski definition) is 1. The third-order valence-corrected chi connectivity index (χ3v) is 2.66. The molecule has 0 saturated carbocycles. The van der Waals surface area contributed by atoms with Crippen LogP contribution < -0.4 is 0 Å². The summed E-state index contributed by atoms with van der Waals surface area (Å²) in [6.45, 7) is 2.85. The molecule has 1 heterocycles. The third-order valence-electron chi connectivity index (χ3n) is 2.66. The summed E-state index contributed by atoms with van der Waals surface area (Å²) in [5.74, 6) is -1.33. The van der Waals surface area contributed by atoms with E-state index in [1.54, 1.807) is 6.92 Å². The first-order valence-corrected chi connectivity index (χ1v) is 5.96. The molecule has 1 fully saturated rings. The van der Waals surface area contributed by atoms with E-state index in [0.717, 1.165) is 0 Å². The largest absolute Gasteiger partial charge is 0.462 e. The molecule has 0 radical (unpaired) electrons. The lowest BCUT2D eigenvalue weighted by atomic mass is 10.00. The van der Waals surface area contributed by atoms with Crippen molar-refractivity contribution in [3.63, 3.8) is 0 Å². The SMILES string of the molecule is CC(=O)O[C@@H]1C[C@@H](C)OC(=O)CC[C@H](O)CC1=O. The van der Waals surface area contributed by atoms with Gasteiger partial charge in [0.25, 0.3) is 0 Å². The van der Waals surface area contributed by atoms with Gasteiger partial charge in [-0.05, 0) is 13.3 Å². The Morgan fingerprint density at radius 2 is 2.11 bits per heavy atom. The van der Waals surface area contributed by atoms with Crippen molar-refractivity contribution in [3.8, 4) is 0 Å². The molecule has 102 valence electrons. The van der Waals surface area contributed by atoms with Crippen LogP contribution in [-0.4, -0.2) is 41.1 Å². The smallest absolute Gasteiger partial charge is 0.306 e. The summed E-state index contributed by atoms with van der Waals surface area (Å²) in [5.41, 5.74) is 0. The molecule has 18 heavy (non-hydrogen) atoms. The zero-order valence-corrected chi connectivity index (χ0v) is 10.5. The van der Waals surface area contributed by atoms with Gasteiger partial charge >= 0.3 is 11.9 Å². The van der Waals surface area contributed by atoms with Gasteiger partial charge in [-0.1, -0.05) is 0 Å². The molecule has 0 bridgehead atoms. The van der Waals surface area contributed by atoms with Gasteiger partial charge in [-0.3, -0.25) is 14.4 Å². The molecule has 0 aromatic heterocycles. The van der Waals surface area contributed by atoms with Crippen LogP contribution >= 0.6 is 0 Å². The van der Waals surface area contributed by atoms with Gasteiger partial charge in [0, 0.05) is 26.2 Å². The van der Waals surface area contributed by atoms with Gasteiger partial charge in [0.15, 0.2) is 11.9 Å². The Hall–Kier alpha value is -1.43. The highest BCUT2D eigenvalue weighted by molar-refractivity contribution is 5.85. The van der Waals surface area contributed by atoms with Gasteiger partial charge in [-0.2, -0.15) is 0 Å². The summed E-state index contributed by atoms with van der Waals surface area (Å²) < 4.78 is 9.94. The number of carbonyl (C=O) groups excluding carboxylic acids is 3. The molecule has 3 atom stereocenters. The fourth-order valence-corrected chi connectivity index (χ4v) is 1.83. The second-order valence-corrected chi connectivity index (χ2v) is 4.50. The van der Waals surface area contributed by atoms with E-state index in [4.69, 9.17) is 9.47 Å². The molecule has 1 saturated heterocycles. The first kappa shape index (κ1) is 14.6. The van der Waals surface area contributed by atoms with Crippen molar-refractivity contribution in [2.24, 2.45) is 0 Å². The normalized spacial score (nSPS) is 30.5. The third kappa shape index (κ3) is 4.83. The van der Waals surface area contributed by atoms with Gasteiger partial charge in [0.2, 0.25) is 0 Å². The summed E-state index contributed by atoms with van der Waals surface area (Å²) >= 11 is 0. The highest BCUT2D eigenvalue weighted by Crippen LogP contribution is 2.16. The minimum absolute atomic E-state index is 0.0804. The lowest BCUT2D eigenvalue weighted by Gasteiger charge is -2.23. The van der Waals surface area contributed by atoms with Crippen LogP contribution in [-0.2, 0) is 23.9 Å². The first-order chi connectivity index (χ1) is 8.38. The maximum absolute atomic E-state index is 11.8. The average Bonchev–Trinajstić information content (AvgIpc) is 2.23. The van der Waals surface area contributed by atoms with Crippen molar-refractivity contribution < 1.29 is 29.0 Å². The van der Waals surface area contributed by atoms with Crippen molar-refractivity contribution in [2.75, 3.05) is 0 Å². The van der Waals surface area contributed by atoms with Gasteiger partial charge in [-0.25, -0.2) is 0 Å². The van der Waals surface area contributed by atoms with Crippen LogP contribution in [0, 0.1) is 0 Å². The van der Waals surface area contributed by atoms with Gasteiger partial charge < -0.3 is 14.6 Å². The van der Waals surface area contributed by atoms with Crippen molar-refractivity contribution in [2.45, 2.75) is 57.8 Å². The fourth-order valence-electron chi connectivity index (χ4n) is 1.83. The molecular formula is C12H18O6. The standard InChI is InChI=1S/C12H18O6/c1-7-5-11(18-8(2)13)10(15)6-9(14)3-4-12(16)17-7/h7,9,11,14H,3-6H2,1-2H3/t7-,9+,11-/m1/s1. The minimum Gasteiger partial charge on any atom is -0.462 e. The minimum atomic E-state index is -0.960. The van der Waals surface area contributed by atoms with Crippen LogP contribution in [0.4, 0.5) is 0 Å². The van der Waals surface area contributed by atoms with Gasteiger partial charge in [-0.15, -0.1) is 0 Å². The van der Waals surface area contributed by atoms with Crippen LogP contribution in [0.2, 0.25) is 0 Å². The number of hydrogen-bond acceptors (Lipinski definition) is 6. The Bertz CT molecular complexity index is 337. The highest BCUT2D eigenvalue weighted by Gasteiger charge is 2.29. The fraction of sp³-hybridized carbons (Fsp3) is 0.750. The second-order valence-electron chi connectivity index (χ2n) is 4.50. The molecule has 6 nitrogen and oxygen atoms in total. The molecule has 0 aromatic carbocycles. The average molecular weight is 258 g/mol. The van der Waals surface area contributed by atoms with Crippen molar-refractivity contribution >= 4 is 17.7 Å². The summed E-state index contributed by atoms with van der Waals surface area (Å²) in [6, 6.07) is 0. The van der Waals surface area contributed by atoms with Crippen LogP contribution in [0.1, 0.15) is 39.5 Å². The van der Waals surface area contributed by atoms with E-state index in [0.29, 0.717) is 0 Å². The van der Waals surface area contributed by atoms with E-state index in [2.05, 4.69) is 0 Å². The molecule has 1 aliphatic rings. The Kier molecular flexibility index (Phi) is 5.27. The summed E-state index contributed by atoms with van der Waals surface area (Å²) in [5, 5.41) is 9.57. The zero-order chi connectivity index (χ0) is 13.7. The molecular weight excluding hydrogens is 240 g/mol. The van der Waals surface area contributed by atoms with Gasteiger partial charge in [0.1, 0.15) is 6.10 Å². The van der Waals surface area contributed by atoms with Crippen molar-refractivity contribution in [1.29, 1.82) is 0 Å². The number of aliphatic hydroxyl groups excluding tert-OH is 1. The summed E-state index contributed by atoms with van der Waals surface area (Å²) in [4.78, 5) is 34.1. The molecule has 0 spiro atoms. The van der Waals surface area contributed by atoms with Crippen LogP contribution in [0.25, 0.3) is 0 Å². The predicted octanol–water partition coefficient (Wildman–Crippen LogP) is 0.354. The number of esters is 2. The molecule has 1 rings (SSSR count). The Labute approximate surface area is 105 Å². The highest BCUT2D eigenvalue weighted by atomic mass is 16.6. The molecule has 6 heteroatoms. The Morgan fingerprint density at radius 3 is 2.72 bits per heavy atom. The molecule has 0 unspecified atom stereocenters. The predicted molar refractivity (Wildman–Crippen MR) is 60.6 cm³/mol. The van der Waals surface area contributed by atoms with Crippen molar-refractivity contribution in [3.05, 3.63) is 0 Å². The molecule has 1 aliphatic heterocycles. The topological polar surface area (TPSA) is 89.9 Å². The Morgan fingerprint density at radius 1 is 1.44 bits per heavy atom. The number of Topliss-reactive ketones (excluding diaryl/α,β-unsaturated/α-hetero) is 1. The van der Waals surface area contributed by atoms with E-state index in [9.17, 15) is 19.5 Å². The van der Waals surface area contributed by atoms with Crippen LogP contribution in [0.5, 0.6) is 0 Å². The number of ketones is 1. The summed E-state index contributed by atoms with van der Waals surface area (Å²) in [7, 11) is 0. The van der Waals surface area contributed by atoms with E-state index >= 15 is 0 Å². The first-order valence-electron chi connectivity index (χ1n) is 5.96. The second kappa shape index (κ2) is 6.49. The van der Waals surface area contributed by atoms with Gasteiger partial charge in [0.05, 0.1) is 6.10 Å². The number of aliphatic hydroxyl groups is 1. The number of cyclic esters (lactones) is 1. The number of ether oxygens (including phenoxy) is 2. The molecule has 1 N–H and O–H groups in total. The monoisotopic (exact) mass is 258 g/mol. The molecule has 0 aliphatic carbocycles. The molecule has 0 aromatic rings. The lowest BCUT2D eigenvalue weighted by molar-refractivity contribution is -0.160. The van der Waals surface area contributed by atoms with Crippen LogP contribution in [0.15, 0.2) is 0 Å². The zero-order valence-electron chi connectivity index (χ0n) is 10.5. The number of rotatable bonds is 1. The van der Waals surface area contributed by atoms with E-state index in [1.807, 2.05) is 0 Å². The Balaban J connectivity index is 2.76. The lowest BCUT2D eigenvalue weighted by Crippen LogP contribution is -2.35. The molecule has 0 amide bonds. The maximum Gasteiger partial charge on any atom is 0.306 e. The van der Waals surface area contributed by atoms with E-state index in [1.165, 1.54) is 6.92 Å². The summed E-state index contributed by atoms with van der Waals surface area (Å²) in [6.07, 6.45) is -2.11. The van der Waals surface area contributed by atoms with Crippen LogP contribution in [0.3, 0.4) is 0 Å². The van der Waals surface area contributed by atoms with E-state index < -0.39 is 30.3 Å². The van der Waals surface area contributed by atoms with E-state index in [-0.39, 0.29) is 31.5 Å². The quantitative estimate of drug-likeness (QED) is 0.683. The maximum atomic E-state index is 11.8. The van der Waals surface area contributed by atoms with Crippen molar-refractivity contribution in [1.82, 2.24) is 0 Å². The number of carbonyl (C=O) groups is 3.